The zero-order valence-electron chi connectivity index (χ0n) is 37.4. The van der Waals surface area contributed by atoms with Crippen LogP contribution in [0.4, 0.5) is 0 Å². The Morgan fingerprint density at radius 2 is 0.783 bits per heavy atom. The molecule has 0 nitrogen and oxygen atoms in total. The summed E-state index contributed by atoms with van der Waals surface area (Å²) in [5, 5.41) is 0. The Labute approximate surface area is 294 Å². The van der Waals surface area contributed by atoms with Gasteiger partial charge in [-0.05, 0) is 108 Å². The summed E-state index contributed by atoms with van der Waals surface area (Å²) in [6, 6.07) is 0. The first-order valence-electron chi connectivity index (χ1n) is 20.0. The summed E-state index contributed by atoms with van der Waals surface area (Å²) in [6.07, 6.45) is 1.20. The van der Waals surface area contributed by atoms with Crippen molar-refractivity contribution in [3.05, 3.63) is 0 Å². The summed E-state index contributed by atoms with van der Waals surface area (Å²) in [5.74, 6) is 6.24. The highest BCUT2D eigenvalue weighted by Gasteiger charge is 2.88. The van der Waals surface area contributed by atoms with Crippen molar-refractivity contribution in [2.45, 2.75) is 193 Å². The molecule has 0 aromatic rings. The summed E-state index contributed by atoms with van der Waals surface area (Å²) in [7, 11) is 0. The van der Waals surface area contributed by atoms with Crippen molar-refractivity contribution in [3.8, 4) is 0 Å². The Morgan fingerprint density at radius 1 is 0.457 bits per heavy atom. The van der Waals surface area contributed by atoms with Crippen molar-refractivity contribution in [3.63, 3.8) is 0 Å². The molecule has 0 heterocycles. The second-order valence-electron chi connectivity index (χ2n) is 22.7. The van der Waals surface area contributed by atoms with E-state index in [1.165, 1.54) is 6.42 Å². The lowest BCUT2D eigenvalue weighted by molar-refractivity contribution is -0.447. The highest BCUT2D eigenvalue weighted by Crippen LogP contribution is 2.93. The summed E-state index contributed by atoms with van der Waals surface area (Å²) in [5.41, 5.74) is 1.15. The Morgan fingerprint density at radius 3 is 1.07 bits per heavy atom. The molecule has 46 heavy (non-hydrogen) atoms. The molecule has 1 aliphatic carbocycles. The average Bonchev–Trinajstić information content (AvgIpc) is 2.90. The van der Waals surface area contributed by atoms with Crippen molar-refractivity contribution in [2.24, 2.45) is 102 Å². The van der Waals surface area contributed by atoms with E-state index < -0.39 is 0 Å². The Kier molecular flexibility index (Phi) is 12.4. The van der Waals surface area contributed by atoms with Crippen LogP contribution in [0.2, 0.25) is 0 Å². The van der Waals surface area contributed by atoms with E-state index in [4.69, 9.17) is 0 Å². The van der Waals surface area contributed by atoms with Crippen LogP contribution < -0.4 is 0 Å². The van der Waals surface area contributed by atoms with Crippen LogP contribution in [-0.2, 0) is 0 Å². The van der Waals surface area contributed by atoms with Gasteiger partial charge in [-0.1, -0.05) is 187 Å². The average molecular weight is 645 g/mol. The zero-order chi connectivity index (χ0) is 37.4. The molecule has 0 radical (unpaired) electrons. The van der Waals surface area contributed by atoms with E-state index in [0.717, 1.165) is 23.7 Å². The van der Waals surface area contributed by atoms with Gasteiger partial charge in [0, 0.05) is 0 Å². The van der Waals surface area contributed by atoms with E-state index in [1.807, 2.05) is 0 Å². The molecule has 1 aliphatic rings. The third-order valence-electron chi connectivity index (χ3n) is 19.6. The standard InChI is InChI=1S/C46H92/c1-28-44(26,41(20,21)38(12,13)14)45(27)42(22,23)43(24,25)46(45,39(15,16)17)40(18,19)37(11)36(10)35(9)34(8)33(7)32(6)31(5)30(4)29(2)3/h29-37H,28H2,1-27H3/t30-,31+,32-,33+,34-,35+,36-,37+,44?,45-,46-/m0/s1. The first-order valence-corrected chi connectivity index (χ1v) is 20.0. The quantitative estimate of drug-likeness (QED) is 0.187. The summed E-state index contributed by atoms with van der Waals surface area (Å²) in [6.45, 7) is 70.2. The van der Waals surface area contributed by atoms with Gasteiger partial charge in [-0.2, -0.15) is 0 Å². The molecule has 1 saturated carbocycles. The summed E-state index contributed by atoms with van der Waals surface area (Å²) >= 11 is 0. The maximum Gasteiger partial charge on any atom is -0.00740 e. The molecule has 276 valence electrons. The molecule has 1 unspecified atom stereocenters. The molecule has 0 N–H and O–H groups in total. The number of rotatable bonds is 13. The van der Waals surface area contributed by atoms with Gasteiger partial charge < -0.3 is 0 Å². The lowest BCUT2D eigenvalue weighted by atomic mass is 9.12. The van der Waals surface area contributed by atoms with Crippen LogP contribution in [0, 0.1) is 102 Å². The number of hydrogen-bond acceptors (Lipinski definition) is 0. The predicted octanol–water partition coefficient (Wildman–Crippen LogP) is 15.4. The van der Waals surface area contributed by atoms with Crippen LogP contribution in [0.15, 0.2) is 0 Å². The van der Waals surface area contributed by atoms with Gasteiger partial charge in [0.15, 0.2) is 0 Å². The molecule has 0 bridgehead atoms. The zero-order valence-corrected chi connectivity index (χ0v) is 37.4. The van der Waals surface area contributed by atoms with E-state index in [-0.39, 0.29) is 48.7 Å². The van der Waals surface area contributed by atoms with Crippen LogP contribution in [0.1, 0.15) is 193 Å². The van der Waals surface area contributed by atoms with E-state index in [2.05, 4.69) is 187 Å². The molecule has 1 fully saturated rings. The molecule has 0 aliphatic heterocycles. The fraction of sp³-hybridized carbons (Fsp3) is 1.00. The third-order valence-corrected chi connectivity index (χ3v) is 19.6. The maximum absolute atomic E-state index is 2.78. The Hall–Kier alpha value is 0. The molecule has 11 atom stereocenters. The SMILES string of the molecule is CCC(C)(C(C)(C)C(C)(C)C)[C@]1(C)C(C)(C)C(C)(C)[C@]1(C(C)(C)C)C(C)(C)[C@H](C)[C@@H](C)[C@H](C)[C@@H](C)[C@H](C)[C@@H](C)[C@H](C)[C@@H](C)C(C)C. The van der Waals surface area contributed by atoms with Crippen molar-refractivity contribution in [2.75, 3.05) is 0 Å². The molecular formula is C46H92. The lowest BCUT2D eigenvalue weighted by Gasteiger charge is -2.91. The monoisotopic (exact) mass is 645 g/mol. The molecule has 0 heteroatoms. The fourth-order valence-electron chi connectivity index (χ4n) is 14.0. The van der Waals surface area contributed by atoms with Gasteiger partial charge in [0.1, 0.15) is 0 Å². The smallest absolute Gasteiger partial charge is 0.00740 e. The van der Waals surface area contributed by atoms with Gasteiger partial charge in [-0.3, -0.25) is 0 Å². The Bertz CT molecular complexity index is 1010. The molecular weight excluding hydrogens is 553 g/mol. The van der Waals surface area contributed by atoms with Gasteiger partial charge in [-0.25, -0.2) is 0 Å². The van der Waals surface area contributed by atoms with Crippen LogP contribution in [-0.4, -0.2) is 0 Å². The Balaban J connectivity index is 3.98. The van der Waals surface area contributed by atoms with Crippen LogP contribution >= 0.6 is 0 Å². The van der Waals surface area contributed by atoms with Crippen molar-refractivity contribution in [1.82, 2.24) is 0 Å². The van der Waals surface area contributed by atoms with E-state index in [1.54, 1.807) is 0 Å². The van der Waals surface area contributed by atoms with E-state index in [0.29, 0.717) is 29.6 Å². The minimum absolute atomic E-state index is 0.0908. The lowest BCUT2D eigenvalue weighted by Crippen LogP contribution is -2.87. The highest BCUT2D eigenvalue weighted by molar-refractivity contribution is 5.35. The van der Waals surface area contributed by atoms with Gasteiger partial charge in [0.25, 0.3) is 0 Å². The highest BCUT2D eigenvalue weighted by atomic mass is 14.9. The first kappa shape index (κ1) is 44.0. The second-order valence-corrected chi connectivity index (χ2v) is 22.7. The second kappa shape index (κ2) is 13.0. The minimum atomic E-state index is 0.0908. The van der Waals surface area contributed by atoms with Crippen LogP contribution in [0.5, 0.6) is 0 Å². The minimum Gasteiger partial charge on any atom is -0.0648 e. The summed E-state index contributed by atoms with van der Waals surface area (Å²) < 4.78 is 0. The van der Waals surface area contributed by atoms with Gasteiger partial charge in [-0.15, -0.1) is 0 Å². The van der Waals surface area contributed by atoms with E-state index >= 15 is 0 Å². The number of hydrogen-bond donors (Lipinski definition) is 0. The molecule has 0 saturated heterocycles. The fourth-order valence-corrected chi connectivity index (χ4v) is 14.0. The van der Waals surface area contributed by atoms with Crippen LogP contribution in [0.3, 0.4) is 0 Å². The molecule has 0 aromatic carbocycles. The topological polar surface area (TPSA) is 0 Å². The van der Waals surface area contributed by atoms with Crippen molar-refractivity contribution >= 4 is 0 Å². The van der Waals surface area contributed by atoms with E-state index in [9.17, 15) is 0 Å². The molecule has 0 aromatic heterocycles. The van der Waals surface area contributed by atoms with Gasteiger partial charge >= 0.3 is 0 Å². The van der Waals surface area contributed by atoms with Gasteiger partial charge in [0.2, 0.25) is 0 Å². The molecule has 1 rings (SSSR count). The largest absolute Gasteiger partial charge is 0.0648 e. The van der Waals surface area contributed by atoms with Crippen molar-refractivity contribution < 1.29 is 0 Å². The summed E-state index contributed by atoms with van der Waals surface area (Å²) in [4.78, 5) is 0. The van der Waals surface area contributed by atoms with Crippen LogP contribution in [0.25, 0.3) is 0 Å². The molecule has 0 amide bonds. The normalized spacial score (nSPS) is 30.8. The third kappa shape index (κ3) is 5.47. The maximum atomic E-state index is 2.78. The predicted molar refractivity (Wildman–Crippen MR) is 211 cm³/mol. The van der Waals surface area contributed by atoms with Gasteiger partial charge in [0.05, 0.1) is 0 Å². The molecule has 0 spiro atoms. The van der Waals surface area contributed by atoms with Crippen molar-refractivity contribution in [1.29, 1.82) is 0 Å². The first-order chi connectivity index (χ1) is 20.0.